The van der Waals surface area contributed by atoms with Crippen molar-refractivity contribution < 1.29 is 13.2 Å². The molecule has 138 valence electrons. The van der Waals surface area contributed by atoms with Gasteiger partial charge in [0.1, 0.15) is 6.04 Å². The number of carbonyl (C=O) groups is 1. The lowest BCUT2D eigenvalue weighted by Crippen LogP contribution is -2.52. The van der Waals surface area contributed by atoms with Crippen LogP contribution < -0.4 is 5.32 Å². The number of amides is 1. The van der Waals surface area contributed by atoms with Gasteiger partial charge in [0.15, 0.2) is 0 Å². The molecule has 1 aliphatic heterocycles. The molecule has 5 nitrogen and oxygen atoms in total. The number of benzene rings is 2. The van der Waals surface area contributed by atoms with Crippen molar-refractivity contribution in [1.82, 2.24) is 9.62 Å². The molecule has 2 aromatic carbocycles. The van der Waals surface area contributed by atoms with Crippen molar-refractivity contribution >= 4 is 27.5 Å². The summed E-state index contributed by atoms with van der Waals surface area (Å²) in [6.45, 7) is 5.94. The van der Waals surface area contributed by atoms with E-state index in [1.165, 1.54) is 4.31 Å². The van der Waals surface area contributed by atoms with E-state index in [4.69, 9.17) is 11.6 Å². The van der Waals surface area contributed by atoms with Crippen LogP contribution in [0.1, 0.15) is 28.3 Å². The predicted molar refractivity (Wildman–Crippen MR) is 102 cm³/mol. The normalized spacial score (nSPS) is 18.6. The molecular formula is C19H21ClN2O3S. The quantitative estimate of drug-likeness (QED) is 0.872. The number of nitrogens with zero attached hydrogens (tertiary/aromatic N) is 1. The van der Waals surface area contributed by atoms with Crippen molar-refractivity contribution in [2.75, 3.05) is 13.1 Å². The van der Waals surface area contributed by atoms with E-state index in [1.54, 1.807) is 38.1 Å². The van der Waals surface area contributed by atoms with Crippen LogP contribution in [-0.2, 0) is 14.8 Å². The average molecular weight is 393 g/mol. The number of hydrogen-bond donors (Lipinski definition) is 1. The lowest BCUT2D eigenvalue weighted by molar-refractivity contribution is -0.126. The number of rotatable bonds is 3. The van der Waals surface area contributed by atoms with E-state index in [0.717, 1.165) is 5.56 Å². The molecular weight excluding hydrogens is 372 g/mol. The molecule has 0 aliphatic carbocycles. The second-order valence-electron chi connectivity index (χ2n) is 6.56. The van der Waals surface area contributed by atoms with Crippen LogP contribution in [0, 0.1) is 20.8 Å². The number of sulfonamides is 1. The van der Waals surface area contributed by atoms with Gasteiger partial charge >= 0.3 is 0 Å². The summed E-state index contributed by atoms with van der Waals surface area (Å²) in [7, 11) is -3.87. The molecule has 0 spiro atoms. The Bertz CT molecular complexity index is 949. The van der Waals surface area contributed by atoms with Crippen LogP contribution in [0.3, 0.4) is 0 Å². The first kappa shape index (κ1) is 18.9. The number of piperazine rings is 1. The van der Waals surface area contributed by atoms with Crippen LogP contribution in [-0.4, -0.2) is 31.7 Å². The summed E-state index contributed by atoms with van der Waals surface area (Å²) >= 11 is 6.27. The molecule has 1 fully saturated rings. The van der Waals surface area contributed by atoms with Gasteiger partial charge in [0.2, 0.25) is 15.9 Å². The Morgan fingerprint density at radius 1 is 1.12 bits per heavy atom. The Balaban J connectivity index is 2.16. The summed E-state index contributed by atoms with van der Waals surface area (Å²) in [6, 6.07) is 9.54. The Kier molecular flexibility index (Phi) is 5.10. The number of halogens is 1. The van der Waals surface area contributed by atoms with Crippen LogP contribution >= 0.6 is 11.6 Å². The van der Waals surface area contributed by atoms with Crippen molar-refractivity contribution in [2.45, 2.75) is 31.7 Å². The number of nitrogens with one attached hydrogen (secondary N) is 1. The fourth-order valence-electron chi connectivity index (χ4n) is 3.59. The zero-order valence-electron chi connectivity index (χ0n) is 14.9. The Morgan fingerprint density at radius 2 is 1.73 bits per heavy atom. The first-order chi connectivity index (χ1) is 12.2. The minimum absolute atomic E-state index is 0.191. The zero-order chi connectivity index (χ0) is 19.1. The fraction of sp³-hybridized carbons (Fsp3) is 0.316. The van der Waals surface area contributed by atoms with Gasteiger partial charge in [0, 0.05) is 18.1 Å². The highest BCUT2D eigenvalue weighted by molar-refractivity contribution is 7.89. The Morgan fingerprint density at radius 3 is 2.35 bits per heavy atom. The van der Waals surface area contributed by atoms with E-state index in [1.807, 2.05) is 19.1 Å². The molecule has 26 heavy (non-hydrogen) atoms. The van der Waals surface area contributed by atoms with E-state index in [9.17, 15) is 13.2 Å². The van der Waals surface area contributed by atoms with Crippen LogP contribution in [0.2, 0.25) is 5.02 Å². The van der Waals surface area contributed by atoms with Gasteiger partial charge in [0.25, 0.3) is 0 Å². The first-order valence-electron chi connectivity index (χ1n) is 8.35. The van der Waals surface area contributed by atoms with Crippen molar-refractivity contribution in [3.8, 4) is 0 Å². The van der Waals surface area contributed by atoms with Crippen molar-refractivity contribution in [1.29, 1.82) is 0 Å². The molecule has 1 saturated heterocycles. The van der Waals surface area contributed by atoms with Gasteiger partial charge in [-0.05, 0) is 43.5 Å². The SMILES string of the molecule is Cc1cc(C)c(S(=O)(=O)N2CCNC(=O)C2c2ccccc2Cl)c(C)c1. The minimum Gasteiger partial charge on any atom is -0.353 e. The topological polar surface area (TPSA) is 66.5 Å². The number of aryl methyl sites for hydroxylation is 3. The summed E-state index contributed by atoms with van der Waals surface area (Å²) < 4.78 is 28.2. The maximum Gasteiger partial charge on any atom is 0.244 e. The van der Waals surface area contributed by atoms with Gasteiger partial charge in [-0.1, -0.05) is 47.5 Å². The van der Waals surface area contributed by atoms with E-state index in [0.29, 0.717) is 21.7 Å². The molecule has 0 radical (unpaired) electrons. The maximum atomic E-state index is 13.5. The molecule has 2 aromatic rings. The van der Waals surface area contributed by atoms with Gasteiger partial charge in [-0.3, -0.25) is 4.79 Å². The zero-order valence-corrected chi connectivity index (χ0v) is 16.5. The summed E-state index contributed by atoms with van der Waals surface area (Å²) in [5.74, 6) is -0.365. The Hall–Kier alpha value is -1.89. The summed E-state index contributed by atoms with van der Waals surface area (Å²) in [5, 5.41) is 3.11. The highest BCUT2D eigenvalue weighted by atomic mass is 35.5. The third-order valence-corrected chi connectivity index (χ3v) is 7.05. The van der Waals surface area contributed by atoms with Gasteiger partial charge < -0.3 is 5.32 Å². The Labute approximate surface area is 159 Å². The monoisotopic (exact) mass is 392 g/mol. The van der Waals surface area contributed by atoms with Gasteiger partial charge in [-0.2, -0.15) is 4.31 Å². The molecule has 1 amide bonds. The van der Waals surface area contributed by atoms with Gasteiger partial charge in [0.05, 0.1) is 4.90 Å². The van der Waals surface area contributed by atoms with Crippen LogP contribution in [0.5, 0.6) is 0 Å². The molecule has 1 aliphatic rings. The minimum atomic E-state index is -3.87. The molecule has 1 atom stereocenters. The third kappa shape index (κ3) is 3.24. The lowest BCUT2D eigenvalue weighted by atomic mass is 10.0. The molecule has 0 bridgehead atoms. The van der Waals surface area contributed by atoms with Crippen LogP contribution in [0.15, 0.2) is 41.3 Å². The second kappa shape index (κ2) is 7.02. The first-order valence-corrected chi connectivity index (χ1v) is 10.2. The van der Waals surface area contributed by atoms with Crippen LogP contribution in [0.4, 0.5) is 0 Å². The van der Waals surface area contributed by atoms with E-state index < -0.39 is 16.1 Å². The van der Waals surface area contributed by atoms with E-state index in [2.05, 4.69) is 5.32 Å². The van der Waals surface area contributed by atoms with Gasteiger partial charge in [-0.25, -0.2) is 8.42 Å². The van der Waals surface area contributed by atoms with Crippen molar-refractivity contribution in [3.05, 3.63) is 63.7 Å². The highest BCUT2D eigenvalue weighted by Crippen LogP contribution is 2.35. The number of hydrogen-bond acceptors (Lipinski definition) is 3. The summed E-state index contributed by atoms with van der Waals surface area (Å²) in [4.78, 5) is 12.8. The smallest absolute Gasteiger partial charge is 0.244 e. The fourth-order valence-corrected chi connectivity index (χ4v) is 5.81. The number of carbonyl (C=O) groups excluding carboxylic acids is 1. The van der Waals surface area contributed by atoms with Crippen molar-refractivity contribution in [2.24, 2.45) is 0 Å². The lowest BCUT2D eigenvalue weighted by Gasteiger charge is -2.35. The molecule has 1 unspecified atom stereocenters. The molecule has 3 rings (SSSR count). The van der Waals surface area contributed by atoms with Crippen molar-refractivity contribution in [3.63, 3.8) is 0 Å². The largest absolute Gasteiger partial charge is 0.353 e. The average Bonchev–Trinajstić information content (AvgIpc) is 2.54. The third-order valence-electron chi connectivity index (χ3n) is 4.54. The molecule has 0 aromatic heterocycles. The standard InChI is InChI=1S/C19H21ClN2O3S/c1-12-10-13(2)18(14(3)11-12)26(24,25)22-9-8-21-19(23)17(22)15-6-4-5-7-16(15)20/h4-7,10-11,17H,8-9H2,1-3H3,(H,21,23). The van der Waals surface area contributed by atoms with Gasteiger partial charge in [-0.15, -0.1) is 0 Å². The molecule has 1 heterocycles. The van der Waals surface area contributed by atoms with Crippen LogP contribution in [0.25, 0.3) is 0 Å². The predicted octanol–water partition coefficient (Wildman–Crippen LogP) is 3.13. The van der Waals surface area contributed by atoms with E-state index in [-0.39, 0.29) is 23.9 Å². The second-order valence-corrected chi connectivity index (χ2v) is 8.79. The summed E-state index contributed by atoms with van der Waals surface area (Å²) in [5.41, 5.74) is 2.83. The molecule has 1 N–H and O–H groups in total. The highest BCUT2D eigenvalue weighted by Gasteiger charge is 2.41. The van der Waals surface area contributed by atoms with E-state index >= 15 is 0 Å². The molecule has 0 saturated carbocycles. The summed E-state index contributed by atoms with van der Waals surface area (Å²) in [6.07, 6.45) is 0. The molecule has 7 heteroatoms. The maximum absolute atomic E-state index is 13.5.